The number of benzene rings is 2. The standard InChI is InChI=1S/C20H19F3N4O2/c1-26-9-8-14-12(11-26)4-3-5-16(14)27(19-24-25-19)18(28)15-7-6-13(20(21,22)23)10-17(15)29-2/h3-7,10H,8-9,11H2,1-2H3,(H,24,25). The molecule has 0 spiro atoms. The van der Waals surface area contributed by atoms with Crippen LogP contribution in [0.3, 0.4) is 0 Å². The quantitative estimate of drug-likeness (QED) is 0.853. The molecule has 29 heavy (non-hydrogen) atoms. The lowest BCUT2D eigenvalue weighted by Gasteiger charge is -2.29. The molecule has 2 aromatic rings. The lowest BCUT2D eigenvalue weighted by Crippen LogP contribution is -2.37. The summed E-state index contributed by atoms with van der Waals surface area (Å²) in [5.41, 5.74) is 4.65. The maximum absolute atomic E-state index is 13.4. The number of guanidine groups is 1. The molecule has 6 nitrogen and oxygen atoms in total. The van der Waals surface area contributed by atoms with Crippen molar-refractivity contribution in [1.82, 2.24) is 10.3 Å². The Bertz CT molecular complexity index is 1000. The maximum Gasteiger partial charge on any atom is 0.416 e. The van der Waals surface area contributed by atoms with Crippen molar-refractivity contribution in [2.45, 2.75) is 19.1 Å². The van der Waals surface area contributed by atoms with Gasteiger partial charge in [0, 0.05) is 13.1 Å². The number of hydrogen-bond donors (Lipinski definition) is 1. The van der Waals surface area contributed by atoms with E-state index in [4.69, 9.17) is 4.74 Å². The maximum atomic E-state index is 13.4. The highest BCUT2D eigenvalue weighted by atomic mass is 19.4. The number of rotatable bonds is 3. The SMILES string of the molecule is COc1cc(C(F)(F)F)ccc1C(=O)N(C1=NN1)c1cccc2c1CCN(C)C2. The second-order valence-corrected chi connectivity index (χ2v) is 7.00. The van der Waals surface area contributed by atoms with Crippen molar-refractivity contribution in [3.8, 4) is 5.75 Å². The van der Waals surface area contributed by atoms with E-state index in [9.17, 15) is 18.0 Å². The molecule has 0 fully saturated rings. The second kappa shape index (κ2) is 7.07. The van der Waals surface area contributed by atoms with Crippen molar-refractivity contribution in [3.63, 3.8) is 0 Å². The number of halogens is 3. The van der Waals surface area contributed by atoms with E-state index < -0.39 is 17.6 Å². The number of likely N-dealkylation sites (N-methyl/N-ethyl adjacent to an activating group) is 1. The summed E-state index contributed by atoms with van der Waals surface area (Å²) >= 11 is 0. The van der Waals surface area contributed by atoms with E-state index in [1.165, 1.54) is 12.0 Å². The zero-order valence-corrected chi connectivity index (χ0v) is 15.9. The van der Waals surface area contributed by atoms with Gasteiger partial charge in [-0.3, -0.25) is 4.79 Å². The van der Waals surface area contributed by atoms with Crippen LogP contribution in [0, 0.1) is 0 Å². The molecule has 2 heterocycles. The highest BCUT2D eigenvalue weighted by Crippen LogP contribution is 2.35. The van der Waals surface area contributed by atoms with E-state index >= 15 is 0 Å². The molecule has 1 N–H and O–H groups in total. The van der Waals surface area contributed by atoms with Gasteiger partial charge in [0.25, 0.3) is 5.91 Å². The molecular formula is C20H19F3N4O2. The number of anilines is 1. The topological polar surface area (TPSA) is 67.1 Å². The summed E-state index contributed by atoms with van der Waals surface area (Å²) in [5.74, 6) is -0.295. The van der Waals surface area contributed by atoms with Gasteiger partial charge in [0.2, 0.25) is 5.96 Å². The van der Waals surface area contributed by atoms with Crippen molar-refractivity contribution in [1.29, 1.82) is 0 Å². The zero-order valence-electron chi connectivity index (χ0n) is 15.9. The molecule has 4 rings (SSSR count). The third kappa shape index (κ3) is 3.65. The fourth-order valence-corrected chi connectivity index (χ4v) is 3.55. The molecule has 9 heteroatoms. The Morgan fingerprint density at radius 1 is 1.28 bits per heavy atom. The van der Waals surface area contributed by atoms with Crippen molar-refractivity contribution in [2.24, 2.45) is 5.10 Å². The summed E-state index contributed by atoms with van der Waals surface area (Å²) < 4.78 is 44.2. The van der Waals surface area contributed by atoms with Gasteiger partial charge in [-0.05, 0) is 48.9 Å². The average Bonchev–Trinajstić information content (AvgIpc) is 3.51. The summed E-state index contributed by atoms with van der Waals surface area (Å²) in [7, 11) is 3.27. The van der Waals surface area contributed by atoms with Gasteiger partial charge in [0.15, 0.2) is 0 Å². The van der Waals surface area contributed by atoms with Crippen LogP contribution in [0.15, 0.2) is 41.5 Å². The van der Waals surface area contributed by atoms with Crippen LogP contribution in [0.1, 0.15) is 27.0 Å². The number of nitrogens with one attached hydrogen (secondary N) is 1. The summed E-state index contributed by atoms with van der Waals surface area (Å²) in [5, 5.41) is 3.94. The molecular weight excluding hydrogens is 385 g/mol. The molecule has 2 aromatic carbocycles. The molecule has 2 aliphatic heterocycles. The zero-order chi connectivity index (χ0) is 20.8. The molecule has 0 saturated heterocycles. The summed E-state index contributed by atoms with van der Waals surface area (Å²) in [6.45, 7) is 1.60. The number of methoxy groups -OCH3 is 1. The first-order chi connectivity index (χ1) is 13.8. The molecule has 0 aliphatic carbocycles. The van der Waals surface area contributed by atoms with Gasteiger partial charge in [-0.25, -0.2) is 10.3 Å². The van der Waals surface area contributed by atoms with Crippen molar-refractivity contribution in [3.05, 3.63) is 58.7 Å². The average molecular weight is 404 g/mol. The summed E-state index contributed by atoms with van der Waals surface area (Å²) in [6, 6.07) is 8.55. The molecule has 2 aliphatic rings. The lowest BCUT2D eigenvalue weighted by atomic mass is 9.97. The summed E-state index contributed by atoms with van der Waals surface area (Å²) in [4.78, 5) is 16.9. The Kier molecular flexibility index (Phi) is 4.70. The van der Waals surface area contributed by atoms with Gasteiger partial charge in [-0.15, -0.1) is 5.10 Å². The van der Waals surface area contributed by atoms with Crippen LogP contribution in [0.25, 0.3) is 0 Å². The minimum Gasteiger partial charge on any atom is -0.496 e. The second-order valence-electron chi connectivity index (χ2n) is 7.00. The van der Waals surface area contributed by atoms with E-state index in [-0.39, 0.29) is 11.3 Å². The largest absolute Gasteiger partial charge is 0.496 e. The molecule has 0 saturated carbocycles. The number of alkyl halides is 3. The fraction of sp³-hybridized carbons (Fsp3) is 0.300. The lowest BCUT2D eigenvalue weighted by molar-refractivity contribution is -0.137. The number of ether oxygens (including phenoxy) is 1. The van der Waals surface area contributed by atoms with Crippen LogP contribution in [0.2, 0.25) is 0 Å². The fourth-order valence-electron chi connectivity index (χ4n) is 3.55. The third-order valence-electron chi connectivity index (χ3n) is 5.06. The predicted molar refractivity (Wildman–Crippen MR) is 102 cm³/mol. The predicted octanol–water partition coefficient (Wildman–Crippen LogP) is 3.22. The number of hydrazone groups is 1. The van der Waals surface area contributed by atoms with Gasteiger partial charge in [-0.2, -0.15) is 13.2 Å². The van der Waals surface area contributed by atoms with Crippen molar-refractivity contribution >= 4 is 17.6 Å². The number of amides is 1. The smallest absolute Gasteiger partial charge is 0.416 e. The molecule has 0 radical (unpaired) electrons. The first kappa shape index (κ1) is 19.3. The van der Waals surface area contributed by atoms with Gasteiger partial charge in [-0.1, -0.05) is 12.1 Å². The minimum absolute atomic E-state index is 0.0300. The Balaban J connectivity index is 1.76. The first-order valence-electron chi connectivity index (χ1n) is 9.02. The van der Waals surface area contributed by atoms with Crippen LogP contribution in [0.4, 0.5) is 18.9 Å². The van der Waals surface area contributed by atoms with E-state index in [0.29, 0.717) is 11.6 Å². The Hall–Kier alpha value is -3.07. The number of hydrogen-bond acceptors (Lipinski definition) is 5. The first-order valence-corrected chi connectivity index (χ1v) is 9.02. The monoisotopic (exact) mass is 404 g/mol. The number of nitrogens with zero attached hydrogens (tertiary/aromatic N) is 3. The van der Waals surface area contributed by atoms with E-state index in [1.807, 2.05) is 25.2 Å². The van der Waals surface area contributed by atoms with E-state index in [1.54, 1.807) is 0 Å². The molecule has 0 unspecified atom stereocenters. The van der Waals surface area contributed by atoms with Gasteiger partial charge < -0.3 is 9.64 Å². The van der Waals surface area contributed by atoms with Crippen LogP contribution >= 0.6 is 0 Å². The Morgan fingerprint density at radius 2 is 2.03 bits per heavy atom. The molecule has 0 atom stereocenters. The van der Waals surface area contributed by atoms with Crippen LogP contribution in [0.5, 0.6) is 5.75 Å². The highest BCUT2D eigenvalue weighted by Gasteiger charge is 2.35. The molecule has 0 bridgehead atoms. The molecule has 0 aromatic heterocycles. The number of carbonyl (C=O) groups excluding carboxylic acids is 1. The Morgan fingerprint density at radius 3 is 2.69 bits per heavy atom. The van der Waals surface area contributed by atoms with Crippen molar-refractivity contribution < 1.29 is 22.7 Å². The normalized spacial score (nSPS) is 15.8. The van der Waals surface area contributed by atoms with Gasteiger partial charge in [0.05, 0.1) is 23.9 Å². The number of carbonyl (C=O) groups is 1. The highest BCUT2D eigenvalue weighted by molar-refractivity contribution is 6.25. The molecule has 1 amide bonds. The molecule has 152 valence electrons. The Labute approximate surface area is 165 Å². The third-order valence-corrected chi connectivity index (χ3v) is 5.06. The van der Waals surface area contributed by atoms with Crippen LogP contribution in [-0.4, -0.2) is 37.5 Å². The number of fused-ring (bicyclic) bond motifs is 1. The van der Waals surface area contributed by atoms with Crippen LogP contribution in [-0.2, 0) is 19.1 Å². The van der Waals surface area contributed by atoms with E-state index in [0.717, 1.165) is 48.8 Å². The van der Waals surface area contributed by atoms with Gasteiger partial charge in [0.1, 0.15) is 5.75 Å². The van der Waals surface area contributed by atoms with E-state index in [2.05, 4.69) is 15.4 Å². The minimum atomic E-state index is -4.53. The van der Waals surface area contributed by atoms with Crippen LogP contribution < -0.4 is 15.1 Å². The summed E-state index contributed by atoms with van der Waals surface area (Å²) in [6.07, 6.45) is -3.77. The van der Waals surface area contributed by atoms with Crippen molar-refractivity contribution in [2.75, 3.05) is 25.6 Å². The van der Waals surface area contributed by atoms with Gasteiger partial charge >= 0.3 is 6.18 Å².